The monoisotopic (exact) mass is 282 g/mol. The number of hydrogen-bond donors (Lipinski definition) is 1. The van der Waals surface area contributed by atoms with E-state index in [1.807, 2.05) is 13.0 Å². The van der Waals surface area contributed by atoms with Gasteiger partial charge in [0.05, 0.1) is 17.2 Å². The van der Waals surface area contributed by atoms with Gasteiger partial charge in [-0.3, -0.25) is 4.31 Å². The summed E-state index contributed by atoms with van der Waals surface area (Å²) in [6.07, 6.45) is 1.81. The molecule has 0 amide bonds. The average Bonchev–Trinajstić information content (AvgIpc) is 2.58. The summed E-state index contributed by atoms with van der Waals surface area (Å²) in [6.45, 7) is 2.28. The van der Waals surface area contributed by atoms with E-state index in [0.717, 1.165) is 0 Å². The number of benzene rings is 1. The van der Waals surface area contributed by atoms with E-state index in [2.05, 4.69) is 5.16 Å². The molecule has 0 saturated heterocycles. The first-order valence-electron chi connectivity index (χ1n) is 6.41. The number of anilines is 1. The zero-order valence-corrected chi connectivity index (χ0v) is 11.7. The summed E-state index contributed by atoms with van der Waals surface area (Å²) in [4.78, 5) is 0. The molecule has 0 aromatic heterocycles. The second kappa shape index (κ2) is 5.61. The van der Waals surface area contributed by atoms with E-state index in [-0.39, 0.29) is 5.75 Å². The van der Waals surface area contributed by atoms with Crippen LogP contribution >= 0.6 is 0 Å². The van der Waals surface area contributed by atoms with Gasteiger partial charge in [0.1, 0.15) is 0 Å². The van der Waals surface area contributed by atoms with Crippen LogP contribution in [0.3, 0.4) is 0 Å². The van der Waals surface area contributed by atoms with E-state index in [4.69, 9.17) is 5.21 Å². The Morgan fingerprint density at radius 3 is 2.79 bits per heavy atom. The third-order valence-electron chi connectivity index (χ3n) is 3.18. The number of fused-ring (bicyclic) bond motifs is 1. The van der Waals surface area contributed by atoms with Crippen LogP contribution in [0.5, 0.6) is 0 Å². The average molecular weight is 282 g/mol. The maximum Gasteiger partial charge on any atom is 0.235 e. The maximum absolute atomic E-state index is 12.3. The number of hydrogen-bond acceptors (Lipinski definition) is 4. The van der Waals surface area contributed by atoms with E-state index in [0.29, 0.717) is 42.8 Å². The van der Waals surface area contributed by atoms with Crippen molar-refractivity contribution in [2.45, 2.75) is 26.2 Å². The fraction of sp³-hybridized carbons (Fsp3) is 0.462. The first kappa shape index (κ1) is 13.9. The van der Waals surface area contributed by atoms with E-state index in [1.165, 1.54) is 4.31 Å². The maximum atomic E-state index is 12.3. The lowest BCUT2D eigenvalue weighted by molar-refractivity contribution is 0.318. The molecule has 104 valence electrons. The molecule has 0 radical (unpaired) electrons. The lowest BCUT2D eigenvalue weighted by atomic mass is 10.1. The fourth-order valence-corrected chi connectivity index (χ4v) is 3.94. The van der Waals surface area contributed by atoms with Crippen molar-refractivity contribution in [2.24, 2.45) is 5.16 Å². The van der Waals surface area contributed by atoms with Crippen LogP contribution in [0.15, 0.2) is 29.4 Å². The SMILES string of the molecule is CCCS(=O)(=O)N1CCC/C(=N/O)c2ccccc21. The van der Waals surface area contributed by atoms with Gasteiger partial charge in [-0.25, -0.2) is 8.42 Å². The van der Waals surface area contributed by atoms with Gasteiger partial charge in [0, 0.05) is 12.1 Å². The van der Waals surface area contributed by atoms with Gasteiger partial charge >= 0.3 is 0 Å². The molecule has 0 aliphatic carbocycles. The van der Waals surface area contributed by atoms with Crippen molar-refractivity contribution in [2.75, 3.05) is 16.6 Å². The number of oxime groups is 1. The molecule has 1 aliphatic heterocycles. The summed E-state index contributed by atoms with van der Waals surface area (Å²) in [5, 5.41) is 12.4. The van der Waals surface area contributed by atoms with Crippen LogP contribution in [0.25, 0.3) is 0 Å². The topological polar surface area (TPSA) is 70.0 Å². The molecular formula is C13H18N2O3S. The molecule has 19 heavy (non-hydrogen) atoms. The van der Waals surface area contributed by atoms with E-state index >= 15 is 0 Å². The second-order valence-electron chi connectivity index (χ2n) is 4.56. The second-order valence-corrected chi connectivity index (χ2v) is 6.57. The Morgan fingerprint density at radius 1 is 1.37 bits per heavy atom. The summed E-state index contributed by atoms with van der Waals surface area (Å²) in [5.74, 6) is 0.132. The summed E-state index contributed by atoms with van der Waals surface area (Å²) in [5.41, 5.74) is 1.85. The molecule has 0 spiro atoms. The van der Waals surface area contributed by atoms with Crippen LogP contribution in [-0.4, -0.2) is 31.6 Å². The molecule has 1 heterocycles. The van der Waals surface area contributed by atoms with E-state index < -0.39 is 10.0 Å². The molecule has 2 rings (SSSR count). The molecule has 0 unspecified atom stereocenters. The van der Waals surface area contributed by atoms with Gasteiger partial charge in [0.25, 0.3) is 0 Å². The van der Waals surface area contributed by atoms with Crippen molar-refractivity contribution in [3.63, 3.8) is 0 Å². The number of para-hydroxylation sites is 1. The normalized spacial score (nSPS) is 18.2. The quantitative estimate of drug-likeness (QED) is 0.682. The van der Waals surface area contributed by atoms with Crippen molar-refractivity contribution < 1.29 is 13.6 Å². The number of nitrogens with zero attached hydrogens (tertiary/aromatic N) is 2. The largest absolute Gasteiger partial charge is 0.411 e. The Balaban J connectivity index is 2.53. The van der Waals surface area contributed by atoms with Gasteiger partial charge in [-0.1, -0.05) is 30.3 Å². The molecule has 1 aromatic rings. The molecule has 0 atom stereocenters. The lowest BCUT2D eigenvalue weighted by Crippen LogP contribution is -2.33. The number of sulfonamides is 1. The first-order valence-corrected chi connectivity index (χ1v) is 8.02. The van der Waals surface area contributed by atoms with Gasteiger partial charge < -0.3 is 5.21 Å². The molecule has 5 nitrogen and oxygen atoms in total. The Kier molecular flexibility index (Phi) is 4.09. The van der Waals surface area contributed by atoms with Crippen LogP contribution in [0.4, 0.5) is 5.69 Å². The highest BCUT2D eigenvalue weighted by molar-refractivity contribution is 7.92. The molecule has 1 aliphatic rings. The predicted molar refractivity (Wildman–Crippen MR) is 75.4 cm³/mol. The lowest BCUT2D eigenvalue weighted by Gasteiger charge is -2.24. The van der Waals surface area contributed by atoms with Crippen molar-refractivity contribution in [1.82, 2.24) is 0 Å². The van der Waals surface area contributed by atoms with Crippen molar-refractivity contribution in [3.05, 3.63) is 29.8 Å². The smallest absolute Gasteiger partial charge is 0.235 e. The van der Waals surface area contributed by atoms with Crippen LogP contribution in [0, 0.1) is 0 Å². The van der Waals surface area contributed by atoms with Crippen LogP contribution < -0.4 is 4.31 Å². The van der Waals surface area contributed by atoms with Crippen LogP contribution in [0.1, 0.15) is 31.7 Å². The Bertz CT molecular complexity index is 581. The molecular weight excluding hydrogens is 264 g/mol. The van der Waals surface area contributed by atoms with Gasteiger partial charge in [0.15, 0.2) is 0 Å². The fourth-order valence-electron chi connectivity index (χ4n) is 2.34. The summed E-state index contributed by atoms with van der Waals surface area (Å²) >= 11 is 0. The van der Waals surface area contributed by atoms with Gasteiger partial charge in [-0.15, -0.1) is 0 Å². The minimum absolute atomic E-state index is 0.132. The molecule has 0 fully saturated rings. The van der Waals surface area contributed by atoms with E-state index in [1.54, 1.807) is 18.2 Å². The van der Waals surface area contributed by atoms with Crippen LogP contribution in [0.2, 0.25) is 0 Å². The van der Waals surface area contributed by atoms with Crippen molar-refractivity contribution in [3.8, 4) is 0 Å². The standard InChI is InChI=1S/C13H18N2O3S/c1-2-10-19(17,18)15-9-5-7-12(14-16)11-6-3-4-8-13(11)15/h3-4,6,8,16H,2,5,7,9-10H2,1H3/b14-12-. The minimum atomic E-state index is -3.31. The van der Waals surface area contributed by atoms with Gasteiger partial charge in [-0.2, -0.15) is 0 Å². The Hall–Kier alpha value is -1.56. The highest BCUT2D eigenvalue weighted by atomic mass is 32.2. The highest BCUT2D eigenvalue weighted by Crippen LogP contribution is 2.29. The Morgan fingerprint density at radius 2 is 2.11 bits per heavy atom. The van der Waals surface area contributed by atoms with Crippen LogP contribution in [-0.2, 0) is 10.0 Å². The zero-order chi connectivity index (χ0) is 13.9. The Labute approximate surface area is 113 Å². The number of rotatable bonds is 3. The third kappa shape index (κ3) is 2.73. The predicted octanol–water partition coefficient (Wildman–Crippen LogP) is 2.20. The van der Waals surface area contributed by atoms with Crippen molar-refractivity contribution >= 4 is 21.4 Å². The summed E-state index contributed by atoms with van der Waals surface area (Å²) in [6, 6.07) is 7.18. The zero-order valence-electron chi connectivity index (χ0n) is 10.9. The van der Waals surface area contributed by atoms with E-state index in [9.17, 15) is 8.42 Å². The minimum Gasteiger partial charge on any atom is -0.411 e. The molecule has 6 heteroatoms. The van der Waals surface area contributed by atoms with Gasteiger partial charge in [0.2, 0.25) is 10.0 Å². The summed E-state index contributed by atoms with van der Waals surface area (Å²) < 4.78 is 26.1. The van der Waals surface area contributed by atoms with Crippen molar-refractivity contribution in [1.29, 1.82) is 0 Å². The highest BCUT2D eigenvalue weighted by Gasteiger charge is 2.27. The molecule has 0 bridgehead atoms. The molecule has 1 aromatic carbocycles. The molecule has 0 saturated carbocycles. The molecule has 1 N–H and O–H groups in total. The first-order chi connectivity index (χ1) is 9.10. The van der Waals surface area contributed by atoms with Gasteiger partial charge in [-0.05, 0) is 25.3 Å². The summed E-state index contributed by atoms with van der Waals surface area (Å²) in [7, 11) is -3.31. The third-order valence-corrected chi connectivity index (χ3v) is 5.15.